The second-order valence-electron chi connectivity index (χ2n) is 6.91. The van der Waals surface area contributed by atoms with Crippen LogP contribution in [0.3, 0.4) is 0 Å². The van der Waals surface area contributed by atoms with Crippen LogP contribution in [0.25, 0.3) is 0 Å². The summed E-state index contributed by atoms with van der Waals surface area (Å²) in [5.74, 6) is -2.48. The maximum atomic E-state index is 14.4. The standard InChI is InChI=1S/C21H16F3N3O2S/c1-27-19-18(15(9-17(28)25-19)14-7-6-13(23)8-16(14)24)20(29)26-21(27)30-10-11-2-4-12(22)5-3-11/h2-8,15H,9-10H2,1H3,(H,25,28)/t15-/m0/s1. The fraction of sp³-hybridized carbons (Fsp3) is 0.190. The molecule has 0 aliphatic carbocycles. The molecule has 0 spiro atoms. The van der Waals surface area contributed by atoms with Crippen molar-refractivity contribution in [3.8, 4) is 0 Å². The first-order valence-electron chi connectivity index (χ1n) is 9.06. The van der Waals surface area contributed by atoms with Crippen LogP contribution >= 0.6 is 11.8 Å². The van der Waals surface area contributed by atoms with Crippen LogP contribution < -0.4 is 10.9 Å². The van der Waals surface area contributed by atoms with Crippen molar-refractivity contribution in [3.63, 3.8) is 0 Å². The van der Waals surface area contributed by atoms with Gasteiger partial charge < -0.3 is 9.88 Å². The molecule has 0 radical (unpaired) electrons. The number of carbonyl (C=O) groups is 1. The highest BCUT2D eigenvalue weighted by atomic mass is 32.2. The summed E-state index contributed by atoms with van der Waals surface area (Å²) in [6.45, 7) is 0. The molecular weight excluding hydrogens is 415 g/mol. The predicted molar refractivity (Wildman–Crippen MR) is 107 cm³/mol. The molecule has 1 aromatic heterocycles. The summed E-state index contributed by atoms with van der Waals surface area (Å²) in [6.07, 6.45) is -0.144. The highest BCUT2D eigenvalue weighted by Crippen LogP contribution is 2.37. The van der Waals surface area contributed by atoms with Crippen molar-refractivity contribution in [2.75, 3.05) is 5.32 Å². The van der Waals surface area contributed by atoms with E-state index in [0.29, 0.717) is 10.9 Å². The number of nitrogens with one attached hydrogen (secondary N) is 1. The van der Waals surface area contributed by atoms with E-state index in [4.69, 9.17) is 0 Å². The molecular formula is C21H16F3N3O2S. The minimum absolute atomic E-state index is 0.0677. The summed E-state index contributed by atoms with van der Waals surface area (Å²) in [6, 6.07) is 9.02. The fourth-order valence-electron chi connectivity index (χ4n) is 3.44. The van der Waals surface area contributed by atoms with Gasteiger partial charge in [-0.25, -0.2) is 13.2 Å². The van der Waals surface area contributed by atoms with Gasteiger partial charge in [0.1, 0.15) is 23.3 Å². The number of aromatic nitrogens is 2. The van der Waals surface area contributed by atoms with E-state index in [-0.39, 0.29) is 35.1 Å². The van der Waals surface area contributed by atoms with Gasteiger partial charge in [0, 0.05) is 31.2 Å². The third kappa shape index (κ3) is 3.85. The molecule has 1 aliphatic rings. The van der Waals surface area contributed by atoms with E-state index in [2.05, 4.69) is 10.3 Å². The summed E-state index contributed by atoms with van der Waals surface area (Å²) < 4.78 is 42.3. The number of hydrogen-bond donors (Lipinski definition) is 1. The number of halogens is 3. The Morgan fingerprint density at radius 3 is 2.50 bits per heavy atom. The van der Waals surface area contributed by atoms with Gasteiger partial charge in [0.25, 0.3) is 5.56 Å². The predicted octanol–water partition coefficient (Wildman–Crippen LogP) is 3.96. The molecule has 1 N–H and O–H groups in total. The summed E-state index contributed by atoms with van der Waals surface area (Å²) in [5, 5.41) is 3.02. The third-order valence-electron chi connectivity index (χ3n) is 4.92. The zero-order valence-corrected chi connectivity index (χ0v) is 16.6. The molecule has 1 aliphatic heterocycles. The van der Waals surface area contributed by atoms with Crippen molar-refractivity contribution < 1.29 is 18.0 Å². The molecule has 0 saturated carbocycles. The van der Waals surface area contributed by atoms with Crippen molar-refractivity contribution in [3.05, 3.63) is 87.0 Å². The number of anilines is 1. The van der Waals surface area contributed by atoms with Gasteiger partial charge in [-0.15, -0.1) is 0 Å². The van der Waals surface area contributed by atoms with Crippen molar-refractivity contribution in [1.82, 2.24) is 9.55 Å². The number of amides is 1. The van der Waals surface area contributed by atoms with E-state index < -0.39 is 23.1 Å². The van der Waals surface area contributed by atoms with Crippen LogP contribution in [-0.4, -0.2) is 15.5 Å². The number of hydrogen-bond acceptors (Lipinski definition) is 4. The van der Waals surface area contributed by atoms with Crippen LogP contribution in [0.4, 0.5) is 19.0 Å². The van der Waals surface area contributed by atoms with Crippen molar-refractivity contribution in [1.29, 1.82) is 0 Å². The number of fused-ring (bicyclic) bond motifs is 1. The van der Waals surface area contributed by atoms with Gasteiger partial charge >= 0.3 is 0 Å². The average molecular weight is 431 g/mol. The lowest BCUT2D eigenvalue weighted by molar-refractivity contribution is -0.116. The Bertz CT molecular complexity index is 1200. The molecule has 0 saturated heterocycles. The molecule has 3 aromatic rings. The molecule has 2 aromatic carbocycles. The Balaban J connectivity index is 1.72. The summed E-state index contributed by atoms with van der Waals surface area (Å²) in [5.41, 5.74) is 0.481. The first-order valence-corrected chi connectivity index (χ1v) is 10.0. The van der Waals surface area contributed by atoms with Crippen molar-refractivity contribution in [2.45, 2.75) is 23.2 Å². The Kier molecular flexibility index (Phi) is 5.38. The van der Waals surface area contributed by atoms with Gasteiger partial charge in [-0.3, -0.25) is 9.59 Å². The van der Waals surface area contributed by atoms with Crippen LogP contribution in [0.1, 0.15) is 29.0 Å². The highest BCUT2D eigenvalue weighted by Gasteiger charge is 2.33. The SMILES string of the molecule is Cn1c(SCc2ccc(F)cc2)nc(=O)c2c1NC(=O)C[C@H]2c1ccc(F)cc1F. The Morgan fingerprint density at radius 2 is 1.80 bits per heavy atom. The lowest BCUT2D eigenvalue weighted by Gasteiger charge is -2.27. The normalized spacial score (nSPS) is 15.6. The number of benzene rings is 2. The molecule has 4 rings (SSSR count). The second kappa shape index (κ2) is 7.98. The summed E-state index contributed by atoms with van der Waals surface area (Å²) in [4.78, 5) is 29.2. The summed E-state index contributed by atoms with van der Waals surface area (Å²) in [7, 11) is 1.64. The Hall–Kier alpha value is -3.07. The molecule has 1 atom stereocenters. The lowest BCUT2D eigenvalue weighted by atomic mass is 9.86. The highest BCUT2D eigenvalue weighted by molar-refractivity contribution is 7.98. The van der Waals surface area contributed by atoms with E-state index >= 15 is 0 Å². The van der Waals surface area contributed by atoms with E-state index in [1.807, 2.05) is 0 Å². The van der Waals surface area contributed by atoms with Gasteiger partial charge in [0.2, 0.25) is 5.91 Å². The van der Waals surface area contributed by atoms with Crippen LogP contribution in [0.15, 0.2) is 52.4 Å². The first-order chi connectivity index (χ1) is 14.3. The van der Waals surface area contributed by atoms with Crippen LogP contribution in [-0.2, 0) is 17.6 Å². The molecule has 9 heteroatoms. The van der Waals surface area contributed by atoms with Gasteiger partial charge in [-0.05, 0) is 29.3 Å². The minimum Gasteiger partial charge on any atom is -0.312 e. The monoisotopic (exact) mass is 431 g/mol. The molecule has 1 amide bonds. The maximum absolute atomic E-state index is 14.4. The maximum Gasteiger partial charge on any atom is 0.279 e. The second-order valence-corrected chi connectivity index (χ2v) is 7.85. The molecule has 154 valence electrons. The Labute approximate surface area is 174 Å². The van der Waals surface area contributed by atoms with Crippen LogP contribution in [0.5, 0.6) is 0 Å². The van der Waals surface area contributed by atoms with Crippen LogP contribution in [0, 0.1) is 17.5 Å². The van der Waals surface area contributed by atoms with Gasteiger partial charge in [-0.1, -0.05) is 30.0 Å². The quantitative estimate of drug-likeness (QED) is 0.502. The molecule has 30 heavy (non-hydrogen) atoms. The molecule has 0 bridgehead atoms. The smallest absolute Gasteiger partial charge is 0.279 e. The fourth-order valence-corrected chi connectivity index (χ4v) is 4.36. The van der Waals surface area contributed by atoms with Crippen molar-refractivity contribution in [2.24, 2.45) is 7.05 Å². The molecule has 5 nitrogen and oxygen atoms in total. The first kappa shape index (κ1) is 20.2. The third-order valence-corrected chi connectivity index (χ3v) is 6.02. The summed E-state index contributed by atoms with van der Waals surface area (Å²) >= 11 is 1.25. The number of rotatable bonds is 4. The van der Waals surface area contributed by atoms with E-state index in [9.17, 15) is 22.8 Å². The Morgan fingerprint density at radius 1 is 1.10 bits per heavy atom. The largest absolute Gasteiger partial charge is 0.312 e. The van der Waals surface area contributed by atoms with E-state index in [1.165, 1.54) is 30.0 Å². The molecule has 0 unspecified atom stereocenters. The average Bonchev–Trinajstić information content (AvgIpc) is 2.70. The number of nitrogens with zero attached hydrogens (tertiary/aromatic N) is 2. The lowest BCUT2D eigenvalue weighted by Crippen LogP contribution is -2.33. The number of thioether (sulfide) groups is 1. The van der Waals surface area contributed by atoms with Gasteiger partial charge in [0.15, 0.2) is 5.16 Å². The molecule has 0 fully saturated rings. The topological polar surface area (TPSA) is 64.0 Å². The van der Waals surface area contributed by atoms with E-state index in [0.717, 1.165) is 17.7 Å². The zero-order valence-electron chi connectivity index (χ0n) is 15.8. The van der Waals surface area contributed by atoms with Crippen LogP contribution in [0.2, 0.25) is 0 Å². The molecule has 2 heterocycles. The van der Waals surface area contributed by atoms with Crippen molar-refractivity contribution >= 4 is 23.5 Å². The van der Waals surface area contributed by atoms with Gasteiger partial charge in [0.05, 0.1) is 5.56 Å². The zero-order chi connectivity index (χ0) is 21.4. The number of carbonyl (C=O) groups excluding carboxylic acids is 1. The van der Waals surface area contributed by atoms with Gasteiger partial charge in [-0.2, -0.15) is 4.98 Å². The van der Waals surface area contributed by atoms with E-state index in [1.54, 1.807) is 23.7 Å². The minimum atomic E-state index is -0.864.